The second kappa shape index (κ2) is 13.1. The average molecular weight is 684 g/mol. The van der Waals surface area contributed by atoms with Crippen molar-refractivity contribution < 1.29 is 13.2 Å². The first kappa shape index (κ1) is 32.1. The highest BCUT2D eigenvalue weighted by molar-refractivity contribution is 7.89. The Hall–Kier alpha value is -3.81. The van der Waals surface area contributed by atoms with E-state index in [9.17, 15) is 8.42 Å². The first-order chi connectivity index (χ1) is 22.0. The summed E-state index contributed by atoms with van der Waals surface area (Å²) in [6.45, 7) is 5.25. The second-order valence-corrected chi connectivity index (χ2v) is 13.9. The molecule has 1 fully saturated rings. The highest BCUT2D eigenvalue weighted by Crippen LogP contribution is 2.39. The number of halogens is 2. The maximum absolute atomic E-state index is 11.9. The first-order valence-corrected chi connectivity index (χ1v) is 17.1. The highest BCUT2D eigenvalue weighted by atomic mass is 35.5. The molecule has 3 aromatic carbocycles. The Morgan fingerprint density at radius 2 is 1.63 bits per heavy atom. The number of nitrogens with one attached hydrogen (secondary N) is 1. The summed E-state index contributed by atoms with van der Waals surface area (Å²) in [5, 5.41) is 13.7. The molecule has 3 heterocycles. The van der Waals surface area contributed by atoms with Gasteiger partial charge in [-0.1, -0.05) is 59.6 Å². The maximum atomic E-state index is 11.9. The van der Waals surface area contributed by atoms with Crippen molar-refractivity contribution in [3.63, 3.8) is 0 Å². The van der Waals surface area contributed by atoms with E-state index in [1.165, 1.54) is 17.7 Å². The molecule has 0 saturated carbocycles. The smallest absolute Gasteiger partial charge is 0.238 e. The zero-order valence-electron chi connectivity index (χ0n) is 25.9. The highest BCUT2D eigenvalue weighted by Gasteiger charge is 2.27. The van der Waals surface area contributed by atoms with Crippen molar-refractivity contribution in [2.24, 2.45) is 10.1 Å². The number of fused-ring (bicyclic) bond motifs is 1. The zero-order chi connectivity index (χ0) is 32.6. The number of amidine groups is 1. The molecule has 1 saturated heterocycles. The van der Waals surface area contributed by atoms with Gasteiger partial charge in [0.05, 0.1) is 33.3 Å². The Morgan fingerprint density at radius 1 is 0.978 bits per heavy atom. The molecular weight excluding hydrogens is 647 g/mol. The molecule has 4 aromatic rings. The van der Waals surface area contributed by atoms with Crippen molar-refractivity contribution in [1.82, 2.24) is 20.0 Å². The van der Waals surface area contributed by atoms with Gasteiger partial charge < -0.3 is 19.9 Å². The molecule has 6 rings (SSSR count). The average Bonchev–Trinajstić information content (AvgIpc) is 3.40. The van der Waals surface area contributed by atoms with Crippen molar-refractivity contribution in [3.05, 3.63) is 87.4 Å². The normalized spacial score (nSPS) is 15.3. The number of nitrogens with zero attached hydrogens (tertiary/aromatic N) is 6. The number of para-hydroxylation sites is 2. The number of piperazine rings is 1. The summed E-state index contributed by atoms with van der Waals surface area (Å²) in [5.74, 6) is 2.95. The van der Waals surface area contributed by atoms with Crippen LogP contribution in [0.5, 0.6) is 5.75 Å². The van der Waals surface area contributed by atoms with E-state index in [2.05, 4.69) is 51.5 Å². The fraction of sp³-hybridized carbons (Fsp3) is 0.312. The Morgan fingerprint density at radius 3 is 2.26 bits per heavy atom. The zero-order valence-corrected chi connectivity index (χ0v) is 28.2. The van der Waals surface area contributed by atoms with Gasteiger partial charge in [-0.05, 0) is 35.4 Å². The van der Waals surface area contributed by atoms with Crippen molar-refractivity contribution in [2.75, 3.05) is 57.2 Å². The van der Waals surface area contributed by atoms with Crippen molar-refractivity contribution in [2.45, 2.75) is 24.4 Å². The summed E-state index contributed by atoms with van der Waals surface area (Å²) in [5.41, 5.74) is 4.73. The van der Waals surface area contributed by atoms with Gasteiger partial charge in [-0.25, -0.2) is 23.2 Å². The number of anilines is 2. The molecule has 14 heteroatoms. The van der Waals surface area contributed by atoms with Gasteiger partial charge in [-0.15, -0.1) is 5.10 Å². The van der Waals surface area contributed by atoms with Crippen LogP contribution in [0, 0.1) is 0 Å². The number of aromatic nitrogens is 2. The van der Waals surface area contributed by atoms with Gasteiger partial charge in [-0.3, -0.25) is 4.90 Å². The van der Waals surface area contributed by atoms with Crippen LogP contribution in [0.3, 0.4) is 0 Å². The number of rotatable bonds is 9. The number of benzene rings is 3. The number of nitrogens with two attached hydrogens (primary N) is 1. The fourth-order valence-electron chi connectivity index (χ4n) is 5.84. The lowest BCUT2D eigenvalue weighted by atomic mass is 10.1. The van der Waals surface area contributed by atoms with Gasteiger partial charge in [0.2, 0.25) is 10.0 Å². The lowest BCUT2D eigenvalue weighted by molar-refractivity contribution is 0.249. The minimum absolute atomic E-state index is 0.0965. The summed E-state index contributed by atoms with van der Waals surface area (Å²) in [6, 6.07) is 19.4. The van der Waals surface area contributed by atoms with Crippen LogP contribution in [0.25, 0.3) is 5.69 Å². The predicted molar refractivity (Wildman–Crippen MR) is 184 cm³/mol. The molecule has 0 amide bonds. The molecular formula is C32H36Cl2N8O3S. The Bertz CT molecular complexity index is 1860. The summed E-state index contributed by atoms with van der Waals surface area (Å²) < 4.78 is 31.0. The summed E-state index contributed by atoms with van der Waals surface area (Å²) in [6.07, 6.45) is 0.589. The van der Waals surface area contributed by atoms with Crippen LogP contribution in [0.1, 0.15) is 16.7 Å². The Kier molecular flexibility index (Phi) is 9.17. The SMILES string of the molecule is COc1ccccc1N1CCN(Cc2ccc(CC3=Nc4c(c(N(C)C)nn4-c4c(Cl)cc(S(N)(=O)=O)cc4Cl)CN3)cc2)CC1. The molecule has 11 nitrogen and oxygen atoms in total. The minimum atomic E-state index is -4.00. The monoisotopic (exact) mass is 682 g/mol. The van der Waals surface area contributed by atoms with E-state index >= 15 is 0 Å². The van der Waals surface area contributed by atoms with E-state index in [-0.39, 0.29) is 14.9 Å². The van der Waals surface area contributed by atoms with Crippen LogP contribution in [0.15, 0.2) is 70.6 Å². The van der Waals surface area contributed by atoms with Crippen molar-refractivity contribution in [3.8, 4) is 11.4 Å². The molecule has 0 bridgehead atoms. The molecule has 1 aromatic heterocycles. The standard InChI is InChI=1S/C32H36Cl2N8O3S/c1-39(2)32-24-19-36-29(37-31(24)42(38-32)30-25(33)17-23(18-26(30)34)46(35,43)44)16-21-8-10-22(11-9-21)20-40-12-14-41(15-13-40)27-6-4-5-7-28(27)45-3/h4-11,17-18H,12-16,19-20H2,1-3H3,(H,36,37)(H2,35,43,44). The van der Waals surface area contributed by atoms with E-state index in [1.807, 2.05) is 31.1 Å². The summed E-state index contributed by atoms with van der Waals surface area (Å²) in [4.78, 5) is 11.5. The van der Waals surface area contributed by atoms with Crippen LogP contribution in [0.4, 0.5) is 17.3 Å². The molecule has 2 aliphatic rings. The quantitative estimate of drug-likeness (QED) is 0.263. The molecule has 2 aliphatic heterocycles. The Balaban J connectivity index is 1.16. The van der Waals surface area contributed by atoms with Crippen LogP contribution >= 0.6 is 23.2 Å². The number of sulfonamides is 1. The van der Waals surface area contributed by atoms with Gasteiger partial charge in [0.1, 0.15) is 17.3 Å². The van der Waals surface area contributed by atoms with E-state index in [0.29, 0.717) is 30.3 Å². The van der Waals surface area contributed by atoms with E-state index < -0.39 is 10.0 Å². The lowest BCUT2D eigenvalue weighted by Gasteiger charge is -2.36. The van der Waals surface area contributed by atoms with Gasteiger partial charge in [-0.2, -0.15) is 0 Å². The number of primary sulfonamides is 1. The van der Waals surface area contributed by atoms with E-state index in [4.69, 9.17) is 43.2 Å². The van der Waals surface area contributed by atoms with Gasteiger partial charge in [0.15, 0.2) is 11.6 Å². The van der Waals surface area contributed by atoms with Crippen LogP contribution in [-0.4, -0.2) is 76.3 Å². The third-order valence-corrected chi connectivity index (χ3v) is 9.67. The molecule has 0 unspecified atom stereocenters. The third kappa shape index (κ3) is 6.67. The van der Waals surface area contributed by atoms with Crippen molar-refractivity contribution in [1.29, 1.82) is 0 Å². The topological polar surface area (TPSA) is 121 Å². The fourth-order valence-corrected chi connectivity index (χ4v) is 7.18. The maximum Gasteiger partial charge on any atom is 0.238 e. The number of hydrogen-bond donors (Lipinski definition) is 2. The number of ether oxygens (including phenoxy) is 1. The van der Waals surface area contributed by atoms with Crippen molar-refractivity contribution >= 4 is 56.4 Å². The third-order valence-electron chi connectivity index (χ3n) is 8.20. The van der Waals surface area contributed by atoms with Crippen LogP contribution in [-0.2, 0) is 29.5 Å². The van der Waals surface area contributed by atoms with Gasteiger partial charge >= 0.3 is 0 Å². The Labute approximate surface area is 279 Å². The molecule has 3 N–H and O–H groups in total. The summed E-state index contributed by atoms with van der Waals surface area (Å²) >= 11 is 13.1. The molecule has 0 spiro atoms. The molecule has 0 atom stereocenters. The first-order valence-electron chi connectivity index (χ1n) is 14.8. The van der Waals surface area contributed by atoms with Crippen LogP contribution < -0.4 is 25.0 Å². The molecule has 0 aliphatic carbocycles. The van der Waals surface area contributed by atoms with Crippen LogP contribution in [0.2, 0.25) is 10.0 Å². The van der Waals surface area contributed by atoms with E-state index in [0.717, 1.165) is 61.1 Å². The lowest BCUT2D eigenvalue weighted by Crippen LogP contribution is -2.46. The predicted octanol–water partition coefficient (Wildman–Crippen LogP) is 4.60. The molecule has 46 heavy (non-hydrogen) atoms. The van der Waals surface area contributed by atoms with E-state index in [1.54, 1.807) is 11.8 Å². The minimum Gasteiger partial charge on any atom is -0.495 e. The molecule has 0 radical (unpaired) electrons. The number of aliphatic imine (C=N–C) groups is 1. The number of hydrogen-bond acceptors (Lipinski definition) is 9. The number of methoxy groups -OCH3 is 1. The van der Waals surface area contributed by atoms with Gasteiger partial charge in [0.25, 0.3) is 0 Å². The largest absolute Gasteiger partial charge is 0.495 e. The second-order valence-electron chi connectivity index (χ2n) is 11.6. The molecule has 242 valence electrons. The van der Waals surface area contributed by atoms with Gasteiger partial charge in [0, 0.05) is 59.8 Å². The summed E-state index contributed by atoms with van der Waals surface area (Å²) in [7, 11) is 1.50.